The summed E-state index contributed by atoms with van der Waals surface area (Å²) in [5.74, 6) is -0.312. The van der Waals surface area contributed by atoms with E-state index in [1.165, 1.54) is 6.92 Å². The molecule has 0 amide bonds. The van der Waals surface area contributed by atoms with Crippen LogP contribution in [0.5, 0.6) is 0 Å². The molecule has 0 aliphatic rings. The Morgan fingerprint density at radius 1 is 1.57 bits per heavy atom. The Balaban J connectivity index is 0. The minimum absolute atomic E-state index is 0. The minimum atomic E-state index is -3.91. The van der Waals surface area contributed by atoms with Crippen LogP contribution in [0.1, 0.15) is 6.92 Å². The Labute approximate surface area is 102 Å². The Bertz CT molecular complexity index is 115. The summed E-state index contributed by atoms with van der Waals surface area (Å²) in [7, 11) is -3.91. The summed E-state index contributed by atoms with van der Waals surface area (Å²) >= 11 is 0. The molecule has 0 saturated carbocycles. The second-order valence-electron chi connectivity index (χ2n) is 0.846. The van der Waals surface area contributed by atoms with E-state index in [0.29, 0.717) is 0 Å². The summed E-state index contributed by atoms with van der Waals surface area (Å²) in [6.45, 7) is 1.31. The van der Waals surface area contributed by atoms with Crippen LogP contribution in [0, 0.1) is 0 Å². The van der Waals surface area contributed by atoms with Crippen molar-refractivity contribution in [2.45, 2.75) is 6.92 Å². The van der Waals surface area contributed by atoms with E-state index in [2.05, 4.69) is 0 Å². The molecular formula is C2H5CsO3S. The number of rotatable bonds is 1. The Morgan fingerprint density at radius 2 is 1.71 bits per heavy atom. The van der Waals surface area contributed by atoms with Gasteiger partial charge in [0, 0.05) is 5.75 Å². The Morgan fingerprint density at radius 3 is 1.71 bits per heavy atom. The molecule has 0 aromatic rings. The van der Waals surface area contributed by atoms with Gasteiger partial charge in [-0.25, -0.2) is 8.42 Å². The molecule has 0 radical (unpaired) electrons. The van der Waals surface area contributed by atoms with Gasteiger partial charge in [0.2, 0.25) is 0 Å². The summed E-state index contributed by atoms with van der Waals surface area (Å²) < 4.78 is 28.3. The van der Waals surface area contributed by atoms with E-state index < -0.39 is 10.1 Å². The van der Waals surface area contributed by atoms with Gasteiger partial charge in [-0.05, 0) is 0 Å². The van der Waals surface area contributed by atoms with Gasteiger partial charge < -0.3 is 4.55 Å². The maximum atomic E-state index is 9.44. The van der Waals surface area contributed by atoms with Gasteiger partial charge in [-0.1, -0.05) is 6.92 Å². The molecule has 0 aliphatic carbocycles. The average molecular weight is 242 g/mol. The summed E-state index contributed by atoms with van der Waals surface area (Å²) in [6.07, 6.45) is 0. The normalized spacial score (nSPS) is 10.0. The van der Waals surface area contributed by atoms with Gasteiger partial charge in [-0.3, -0.25) is 0 Å². The summed E-state index contributed by atoms with van der Waals surface area (Å²) in [4.78, 5) is 0. The monoisotopic (exact) mass is 242 g/mol. The van der Waals surface area contributed by atoms with Gasteiger partial charge in [0.25, 0.3) is 0 Å². The third kappa shape index (κ3) is 11.5. The summed E-state index contributed by atoms with van der Waals surface area (Å²) in [5, 5.41) is 0. The molecule has 0 atom stereocenters. The number of hydrogen-bond donors (Lipinski definition) is 0. The first-order chi connectivity index (χ1) is 2.56. The van der Waals surface area contributed by atoms with Crippen LogP contribution in [0.15, 0.2) is 0 Å². The third-order valence-corrected chi connectivity index (χ3v) is 1.06. The van der Waals surface area contributed by atoms with Crippen LogP contribution in [-0.4, -0.2) is 18.7 Å². The van der Waals surface area contributed by atoms with Gasteiger partial charge >= 0.3 is 68.9 Å². The van der Waals surface area contributed by atoms with Crippen molar-refractivity contribution in [3.8, 4) is 0 Å². The molecule has 38 valence electrons. The van der Waals surface area contributed by atoms with E-state index in [1.807, 2.05) is 0 Å². The average Bonchev–Trinajstić information content (AvgIpc) is 1.35. The fraction of sp³-hybridized carbons (Fsp3) is 1.00. The van der Waals surface area contributed by atoms with E-state index in [9.17, 15) is 13.0 Å². The quantitative estimate of drug-likeness (QED) is 0.449. The maximum Gasteiger partial charge on any atom is 1.00 e. The zero-order valence-corrected chi connectivity index (χ0v) is 11.4. The molecular weight excluding hydrogens is 237 g/mol. The molecule has 5 heteroatoms. The van der Waals surface area contributed by atoms with Gasteiger partial charge in [-0.15, -0.1) is 0 Å². The molecule has 0 aliphatic heterocycles. The first kappa shape index (κ1) is 11.7. The first-order valence-electron chi connectivity index (χ1n) is 1.50. The fourth-order valence-electron chi connectivity index (χ4n) is 0. The van der Waals surface area contributed by atoms with Crippen LogP contribution in [0.2, 0.25) is 0 Å². The van der Waals surface area contributed by atoms with Crippen molar-refractivity contribution in [3.63, 3.8) is 0 Å². The van der Waals surface area contributed by atoms with Gasteiger partial charge in [0.1, 0.15) is 0 Å². The van der Waals surface area contributed by atoms with E-state index >= 15 is 0 Å². The predicted octanol–water partition coefficient (Wildman–Crippen LogP) is -3.44. The van der Waals surface area contributed by atoms with Gasteiger partial charge in [0.15, 0.2) is 0 Å². The second-order valence-corrected chi connectivity index (χ2v) is 2.54. The Hall–Kier alpha value is 1.96. The van der Waals surface area contributed by atoms with Crippen molar-refractivity contribution in [3.05, 3.63) is 0 Å². The summed E-state index contributed by atoms with van der Waals surface area (Å²) in [5.41, 5.74) is 0. The molecule has 0 unspecified atom stereocenters. The van der Waals surface area contributed by atoms with Crippen molar-refractivity contribution in [2.24, 2.45) is 0 Å². The first-order valence-corrected chi connectivity index (χ1v) is 3.07. The van der Waals surface area contributed by atoms with E-state index in [-0.39, 0.29) is 74.6 Å². The largest absolute Gasteiger partial charge is 1.00 e. The molecule has 7 heavy (non-hydrogen) atoms. The molecule has 0 N–H and O–H groups in total. The van der Waals surface area contributed by atoms with Crippen LogP contribution >= 0.6 is 0 Å². The maximum absolute atomic E-state index is 9.44. The molecule has 0 rings (SSSR count). The van der Waals surface area contributed by atoms with Crippen LogP contribution < -0.4 is 68.9 Å². The minimum Gasteiger partial charge on any atom is -0.748 e. The van der Waals surface area contributed by atoms with Crippen LogP contribution in [0.4, 0.5) is 0 Å². The molecule has 0 bridgehead atoms. The molecule has 3 nitrogen and oxygen atoms in total. The van der Waals surface area contributed by atoms with Crippen molar-refractivity contribution in [2.75, 3.05) is 5.75 Å². The SMILES string of the molecule is CCS(=O)(=O)[O-].[Cs+]. The van der Waals surface area contributed by atoms with Crippen molar-refractivity contribution in [1.29, 1.82) is 0 Å². The van der Waals surface area contributed by atoms with Crippen LogP contribution in [0.25, 0.3) is 0 Å². The molecule has 0 fully saturated rings. The van der Waals surface area contributed by atoms with Crippen LogP contribution in [0.3, 0.4) is 0 Å². The zero-order valence-electron chi connectivity index (χ0n) is 4.34. The van der Waals surface area contributed by atoms with Gasteiger partial charge in [0.05, 0.1) is 10.1 Å². The topological polar surface area (TPSA) is 57.2 Å². The molecule has 0 aromatic carbocycles. The molecule has 0 heterocycles. The van der Waals surface area contributed by atoms with Crippen LogP contribution in [-0.2, 0) is 10.1 Å². The van der Waals surface area contributed by atoms with Crippen molar-refractivity contribution in [1.82, 2.24) is 0 Å². The molecule has 0 aromatic heterocycles. The standard InChI is InChI=1S/C2H6O3S.Cs/c1-2-6(3,4)5;/h2H2,1H3,(H,3,4,5);/q;+1/p-1. The summed E-state index contributed by atoms with van der Waals surface area (Å²) in [6, 6.07) is 0. The van der Waals surface area contributed by atoms with Gasteiger partial charge in [-0.2, -0.15) is 0 Å². The molecule has 0 saturated heterocycles. The Kier molecular flexibility index (Phi) is 8.05. The van der Waals surface area contributed by atoms with E-state index in [1.54, 1.807) is 0 Å². The zero-order chi connectivity index (χ0) is 5.21. The fourth-order valence-corrected chi connectivity index (χ4v) is 0. The second kappa shape index (κ2) is 4.80. The molecule has 0 spiro atoms. The predicted molar refractivity (Wildman–Crippen MR) is 20.2 cm³/mol. The third-order valence-electron chi connectivity index (χ3n) is 0.354. The smallest absolute Gasteiger partial charge is 0.748 e. The van der Waals surface area contributed by atoms with E-state index in [0.717, 1.165) is 0 Å². The van der Waals surface area contributed by atoms with Crippen molar-refractivity contribution >= 4 is 10.1 Å². The van der Waals surface area contributed by atoms with E-state index in [4.69, 9.17) is 0 Å². The number of hydrogen-bond acceptors (Lipinski definition) is 3. The van der Waals surface area contributed by atoms with Crippen molar-refractivity contribution < 1.29 is 81.9 Å².